The second-order valence-corrected chi connectivity index (χ2v) is 18.5. The van der Waals surface area contributed by atoms with Crippen molar-refractivity contribution >= 4 is 47.7 Å². The van der Waals surface area contributed by atoms with E-state index in [1.54, 1.807) is 0 Å². The van der Waals surface area contributed by atoms with Crippen molar-refractivity contribution in [3.05, 3.63) is 165 Å². The summed E-state index contributed by atoms with van der Waals surface area (Å²) < 4.78 is 0. The number of aryl methyl sites for hydroxylation is 10. The van der Waals surface area contributed by atoms with Crippen molar-refractivity contribution in [3.8, 4) is 11.1 Å². The molecule has 0 radical (unpaired) electrons. The standard InChI is InChI=1S/C46H48P2/c1-29-11-13-45(47(39-19-31(3)15-32(4)20-39)40-21-33(5)16-34(6)22-40)43(27-29)44-28-30(2)12-14-46(44)48(41-23-35(7)17-36(8)24-41)42-25-37(9)18-38(10)26-42/h11-28H,1-10H3. The van der Waals surface area contributed by atoms with Gasteiger partial charge in [0.2, 0.25) is 0 Å². The molecule has 2 heteroatoms. The van der Waals surface area contributed by atoms with Gasteiger partial charge in [0.15, 0.2) is 0 Å². The molecule has 0 saturated heterocycles. The van der Waals surface area contributed by atoms with Crippen LogP contribution in [0.3, 0.4) is 0 Å². The van der Waals surface area contributed by atoms with E-state index in [9.17, 15) is 0 Å². The van der Waals surface area contributed by atoms with Gasteiger partial charge in [0.05, 0.1) is 0 Å². The minimum Gasteiger partial charge on any atom is -0.0586 e. The molecular weight excluding hydrogens is 614 g/mol. The summed E-state index contributed by atoms with van der Waals surface area (Å²) in [6.45, 7) is 22.4. The maximum absolute atomic E-state index is 2.46. The van der Waals surface area contributed by atoms with Gasteiger partial charge < -0.3 is 0 Å². The summed E-state index contributed by atoms with van der Waals surface area (Å²) in [5, 5.41) is 8.51. The Bertz CT molecular complexity index is 1810. The second kappa shape index (κ2) is 14.0. The van der Waals surface area contributed by atoms with Crippen LogP contribution in [0.1, 0.15) is 55.6 Å². The number of rotatable bonds is 7. The Labute approximate surface area is 291 Å². The first kappa shape index (κ1) is 34.1. The monoisotopic (exact) mass is 662 g/mol. The normalized spacial score (nSPS) is 11.5. The molecule has 0 heterocycles. The second-order valence-electron chi connectivity index (χ2n) is 14.1. The zero-order chi connectivity index (χ0) is 34.3. The van der Waals surface area contributed by atoms with Crippen LogP contribution >= 0.6 is 15.8 Å². The van der Waals surface area contributed by atoms with E-state index in [4.69, 9.17) is 0 Å². The molecule has 0 aliphatic rings. The van der Waals surface area contributed by atoms with E-state index in [0.717, 1.165) is 0 Å². The van der Waals surface area contributed by atoms with Crippen molar-refractivity contribution < 1.29 is 0 Å². The Morgan fingerprint density at radius 2 is 0.479 bits per heavy atom. The van der Waals surface area contributed by atoms with Gasteiger partial charge in [0.25, 0.3) is 0 Å². The molecule has 0 saturated carbocycles. The van der Waals surface area contributed by atoms with Gasteiger partial charge >= 0.3 is 0 Å². The van der Waals surface area contributed by atoms with Crippen LogP contribution in [0.25, 0.3) is 11.1 Å². The van der Waals surface area contributed by atoms with E-state index in [-0.39, 0.29) is 0 Å². The third kappa shape index (κ3) is 7.42. The van der Waals surface area contributed by atoms with Crippen molar-refractivity contribution in [2.45, 2.75) is 69.2 Å². The lowest BCUT2D eigenvalue weighted by molar-refractivity contribution is 1.40. The van der Waals surface area contributed by atoms with Crippen LogP contribution in [-0.2, 0) is 0 Å². The number of benzene rings is 6. The average Bonchev–Trinajstić information content (AvgIpc) is 2.97. The molecule has 0 unspecified atom stereocenters. The number of hydrogen-bond acceptors (Lipinski definition) is 0. The highest BCUT2D eigenvalue weighted by Gasteiger charge is 2.26. The minimum atomic E-state index is -0.831. The Kier molecular flexibility index (Phi) is 9.91. The SMILES string of the molecule is Cc1cc(C)cc(P(c2cc(C)cc(C)c2)c2ccc(C)cc2-c2cc(C)ccc2P(c2cc(C)cc(C)c2)c2cc(C)cc(C)c2)c1. The molecule has 6 aromatic carbocycles. The Morgan fingerprint density at radius 3 is 0.708 bits per heavy atom. The molecule has 0 fully saturated rings. The highest BCUT2D eigenvalue weighted by Crippen LogP contribution is 2.42. The molecule has 6 aromatic rings. The summed E-state index contributed by atoms with van der Waals surface area (Å²) in [5.41, 5.74) is 15.9. The smallest absolute Gasteiger partial charge is 0.00722 e. The molecule has 0 spiro atoms. The first-order valence-electron chi connectivity index (χ1n) is 17.0. The molecule has 48 heavy (non-hydrogen) atoms. The maximum Gasteiger partial charge on any atom is -0.00722 e. The lowest BCUT2D eigenvalue weighted by atomic mass is 10.0. The lowest BCUT2D eigenvalue weighted by Gasteiger charge is -2.28. The largest absolute Gasteiger partial charge is 0.0586 e. The molecule has 0 bridgehead atoms. The summed E-state index contributed by atoms with van der Waals surface area (Å²) in [6.07, 6.45) is 0. The first-order chi connectivity index (χ1) is 22.8. The molecule has 0 atom stereocenters. The Morgan fingerprint density at radius 1 is 0.250 bits per heavy atom. The van der Waals surface area contributed by atoms with Gasteiger partial charge in [-0.15, -0.1) is 0 Å². The van der Waals surface area contributed by atoms with Gasteiger partial charge in [-0.2, -0.15) is 0 Å². The van der Waals surface area contributed by atoms with Crippen molar-refractivity contribution in [2.24, 2.45) is 0 Å². The highest BCUT2D eigenvalue weighted by molar-refractivity contribution is 7.80. The fraction of sp³-hybridized carbons (Fsp3) is 0.217. The van der Waals surface area contributed by atoms with Crippen molar-refractivity contribution in [2.75, 3.05) is 0 Å². The van der Waals surface area contributed by atoms with E-state index in [2.05, 4.69) is 178 Å². The quantitative estimate of drug-likeness (QED) is 0.149. The molecule has 0 aliphatic carbocycles. The van der Waals surface area contributed by atoms with Crippen LogP contribution < -0.4 is 31.8 Å². The predicted molar refractivity (Wildman–Crippen MR) is 217 cm³/mol. The summed E-state index contributed by atoms with van der Waals surface area (Å²) >= 11 is 0. The topological polar surface area (TPSA) is 0 Å². The molecule has 242 valence electrons. The van der Waals surface area contributed by atoms with E-state index in [1.165, 1.54) is 98.6 Å². The van der Waals surface area contributed by atoms with Crippen molar-refractivity contribution in [1.29, 1.82) is 0 Å². The van der Waals surface area contributed by atoms with E-state index in [1.807, 2.05) is 0 Å². The van der Waals surface area contributed by atoms with E-state index < -0.39 is 15.8 Å². The van der Waals surface area contributed by atoms with Gasteiger partial charge in [0.1, 0.15) is 0 Å². The van der Waals surface area contributed by atoms with E-state index in [0.29, 0.717) is 0 Å². The zero-order valence-electron chi connectivity index (χ0n) is 30.3. The molecule has 0 nitrogen and oxygen atoms in total. The van der Waals surface area contributed by atoms with Crippen LogP contribution in [0.5, 0.6) is 0 Å². The molecule has 0 N–H and O–H groups in total. The first-order valence-corrected chi connectivity index (χ1v) is 19.7. The Balaban J connectivity index is 1.69. The van der Waals surface area contributed by atoms with Crippen LogP contribution in [-0.4, -0.2) is 0 Å². The molecule has 0 aliphatic heterocycles. The fourth-order valence-corrected chi connectivity index (χ4v) is 13.0. The highest BCUT2D eigenvalue weighted by atomic mass is 31.1. The van der Waals surface area contributed by atoms with Crippen LogP contribution in [0.2, 0.25) is 0 Å². The number of hydrogen-bond donors (Lipinski definition) is 0. The zero-order valence-corrected chi connectivity index (χ0v) is 32.1. The van der Waals surface area contributed by atoms with Crippen LogP contribution in [0, 0.1) is 69.2 Å². The third-order valence-corrected chi connectivity index (χ3v) is 13.8. The maximum atomic E-state index is 2.46. The summed E-state index contributed by atoms with van der Waals surface area (Å²) in [5.74, 6) is 0. The van der Waals surface area contributed by atoms with Gasteiger partial charge in [-0.3, -0.25) is 0 Å². The van der Waals surface area contributed by atoms with Gasteiger partial charge in [-0.25, -0.2) is 0 Å². The van der Waals surface area contributed by atoms with Gasteiger partial charge in [-0.05, 0) is 128 Å². The molecule has 0 amide bonds. The summed E-state index contributed by atoms with van der Waals surface area (Å²) in [6, 6.07) is 43.1. The van der Waals surface area contributed by atoms with Gasteiger partial charge in [0, 0.05) is 0 Å². The minimum absolute atomic E-state index is 0.831. The van der Waals surface area contributed by atoms with Crippen LogP contribution in [0.4, 0.5) is 0 Å². The molecule has 0 aromatic heterocycles. The predicted octanol–water partition coefficient (Wildman–Crippen LogP) is 9.95. The van der Waals surface area contributed by atoms with Crippen LogP contribution in [0.15, 0.2) is 109 Å². The Hall–Kier alpha value is -3.82. The fourth-order valence-electron chi connectivity index (χ4n) is 7.29. The lowest BCUT2D eigenvalue weighted by Crippen LogP contribution is -2.27. The summed E-state index contributed by atoms with van der Waals surface area (Å²) in [4.78, 5) is 0. The average molecular weight is 663 g/mol. The summed E-state index contributed by atoms with van der Waals surface area (Å²) in [7, 11) is -1.66. The third-order valence-electron chi connectivity index (χ3n) is 8.93. The van der Waals surface area contributed by atoms with Crippen molar-refractivity contribution in [1.82, 2.24) is 0 Å². The van der Waals surface area contributed by atoms with Gasteiger partial charge in [-0.1, -0.05) is 165 Å². The molecule has 6 rings (SSSR count). The van der Waals surface area contributed by atoms with Crippen molar-refractivity contribution in [3.63, 3.8) is 0 Å². The molecular formula is C46H48P2. The van der Waals surface area contributed by atoms with E-state index >= 15 is 0 Å².